The van der Waals surface area contributed by atoms with Crippen LogP contribution in [0.3, 0.4) is 0 Å². The molecule has 0 unspecified atom stereocenters. The van der Waals surface area contributed by atoms with E-state index in [0.29, 0.717) is 11.4 Å². The summed E-state index contributed by atoms with van der Waals surface area (Å²) in [6, 6.07) is 86.8. The first-order chi connectivity index (χ1) is 33.7. The van der Waals surface area contributed by atoms with Crippen molar-refractivity contribution < 1.29 is 0 Å². The Labute approximate surface area is 394 Å². The van der Waals surface area contributed by atoms with Crippen LogP contribution in [-0.2, 0) is 0 Å². The predicted molar refractivity (Wildman–Crippen MR) is 285 cm³/mol. The Morgan fingerprint density at radius 2 is 0.809 bits per heavy atom. The maximum atomic E-state index is 9.78. The van der Waals surface area contributed by atoms with Gasteiger partial charge < -0.3 is 9.13 Å². The van der Waals surface area contributed by atoms with Crippen molar-refractivity contribution in [1.82, 2.24) is 9.13 Å². The predicted octanol–water partition coefficient (Wildman–Crippen LogP) is 15.8. The van der Waals surface area contributed by atoms with Crippen molar-refractivity contribution in [1.29, 1.82) is 5.41 Å². The normalized spacial score (nSPS) is 11.9. The van der Waals surface area contributed by atoms with Crippen molar-refractivity contribution in [2.24, 2.45) is 9.98 Å². The number of amidine groups is 2. The molecule has 5 heteroatoms. The Bertz CT molecular complexity index is 3770. The Hall–Kier alpha value is -9.19. The monoisotopic (exact) mass is 869 g/mol. The second-order valence-corrected chi connectivity index (χ2v) is 17.0. The number of rotatable bonds is 8. The molecule has 0 saturated heterocycles. The van der Waals surface area contributed by atoms with E-state index in [9.17, 15) is 5.41 Å². The molecule has 12 aromatic rings. The fraction of sp³-hybridized carbons (Fsp3) is 0. The molecular weight excluding hydrogens is 827 g/mol. The van der Waals surface area contributed by atoms with Crippen molar-refractivity contribution in [2.45, 2.75) is 0 Å². The summed E-state index contributed by atoms with van der Waals surface area (Å²) in [5, 5.41) is 14.6. The summed E-state index contributed by atoms with van der Waals surface area (Å²) in [5.74, 6) is 0.565. The average molecular weight is 870 g/mol. The summed E-state index contributed by atoms with van der Waals surface area (Å²) >= 11 is 0. The third kappa shape index (κ3) is 7.29. The molecule has 2 aromatic heterocycles. The largest absolute Gasteiger partial charge is 0.309 e. The first-order valence-corrected chi connectivity index (χ1v) is 22.9. The lowest BCUT2D eigenvalue weighted by molar-refractivity contribution is 1.17. The SMILES string of the molecule is N=C(/N=C(\N=C\c1ccc(-c2ccccc2)cc1)c1ccccc1)c1cc(-c2ccccc2)c(-n2c3ccccc3c3cc(-n4c5ccccc5c5ccccc54)ccc32)c(-c2ccccc2)c1. The number of benzene rings is 10. The van der Waals surface area contributed by atoms with Crippen molar-refractivity contribution in [3.05, 3.63) is 265 Å². The molecule has 0 fully saturated rings. The molecule has 10 aromatic carbocycles. The fourth-order valence-corrected chi connectivity index (χ4v) is 9.68. The second kappa shape index (κ2) is 17.3. The van der Waals surface area contributed by atoms with E-state index in [1.807, 2.05) is 54.7 Å². The lowest BCUT2D eigenvalue weighted by atomic mass is 9.92. The quantitative estimate of drug-likeness (QED) is 0.117. The van der Waals surface area contributed by atoms with Gasteiger partial charge in [-0.05, 0) is 76.3 Å². The summed E-state index contributed by atoms with van der Waals surface area (Å²) in [6.07, 6.45) is 1.83. The molecule has 12 rings (SSSR count). The number of hydrogen-bond donors (Lipinski definition) is 1. The van der Waals surface area contributed by atoms with Crippen LogP contribution in [0.1, 0.15) is 16.7 Å². The number of nitrogens with zero attached hydrogens (tertiary/aromatic N) is 4. The Morgan fingerprint density at radius 3 is 1.37 bits per heavy atom. The van der Waals surface area contributed by atoms with Crippen LogP contribution in [0, 0.1) is 5.41 Å². The van der Waals surface area contributed by atoms with Gasteiger partial charge in [0, 0.05) is 55.7 Å². The summed E-state index contributed by atoms with van der Waals surface area (Å²) in [5.41, 5.74) is 15.4. The molecule has 320 valence electrons. The van der Waals surface area contributed by atoms with Gasteiger partial charge in [-0.1, -0.05) is 200 Å². The number of fused-ring (bicyclic) bond motifs is 6. The Balaban J connectivity index is 1.05. The van der Waals surface area contributed by atoms with Crippen LogP contribution < -0.4 is 0 Å². The zero-order chi connectivity index (χ0) is 45.4. The van der Waals surface area contributed by atoms with Gasteiger partial charge in [-0.3, -0.25) is 5.41 Å². The van der Waals surface area contributed by atoms with Crippen molar-refractivity contribution in [3.63, 3.8) is 0 Å². The molecule has 0 atom stereocenters. The summed E-state index contributed by atoms with van der Waals surface area (Å²) in [4.78, 5) is 9.99. The minimum atomic E-state index is 0.111. The summed E-state index contributed by atoms with van der Waals surface area (Å²) in [7, 11) is 0. The fourth-order valence-electron chi connectivity index (χ4n) is 9.68. The maximum absolute atomic E-state index is 9.78. The van der Waals surface area contributed by atoms with Crippen LogP contribution >= 0.6 is 0 Å². The first-order valence-electron chi connectivity index (χ1n) is 22.9. The molecule has 0 amide bonds. The minimum absolute atomic E-state index is 0.111. The zero-order valence-electron chi connectivity index (χ0n) is 37.0. The van der Waals surface area contributed by atoms with Crippen LogP contribution in [0.2, 0.25) is 0 Å². The summed E-state index contributed by atoms with van der Waals surface area (Å²) in [6.45, 7) is 0. The molecule has 0 aliphatic heterocycles. The highest BCUT2D eigenvalue weighted by atomic mass is 15.0. The highest BCUT2D eigenvalue weighted by Crippen LogP contribution is 2.43. The molecular formula is C63H43N5. The van der Waals surface area contributed by atoms with Gasteiger partial charge in [0.2, 0.25) is 0 Å². The third-order valence-electron chi connectivity index (χ3n) is 12.9. The van der Waals surface area contributed by atoms with Crippen molar-refractivity contribution in [2.75, 3.05) is 0 Å². The number of aliphatic imine (C=N–C) groups is 2. The molecule has 2 heterocycles. The van der Waals surface area contributed by atoms with E-state index >= 15 is 0 Å². The molecule has 1 N–H and O–H groups in total. The van der Waals surface area contributed by atoms with Crippen molar-refractivity contribution >= 4 is 61.5 Å². The standard InChI is InChI=1S/C63H43N5/c64-62(66-63(48-25-11-4-12-26-48)65-42-43-33-35-45(36-34-43)44-19-5-1-6-20-44)49-39-54(46-21-7-2-8-22-46)61(55(40-49)47-23-9-3-10-24-47)68-59-32-18-15-29-53(59)56-41-50(37-38-60(56)68)67-57-30-16-13-27-51(57)52-28-14-17-31-58(52)67/h1-42,64H/b64-62?,65-42+,66-63-. The zero-order valence-corrected chi connectivity index (χ0v) is 37.0. The molecule has 0 spiro atoms. The number of nitrogens with one attached hydrogen (secondary N) is 1. The minimum Gasteiger partial charge on any atom is -0.309 e. The van der Waals surface area contributed by atoms with E-state index < -0.39 is 0 Å². The number of aromatic nitrogens is 2. The topological polar surface area (TPSA) is 58.4 Å². The molecule has 5 nitrogen and oxygen atoms in total. The molecule has 0 aliphatic carbocycles. The highest BCUT2D eigenvalue weighted by molar-refractivity contribution is 6.16. The van der Waals surface area contributed by atoms with Gasteiger partial charge in [0.1, 0.15) is 0 Å². The summed E-state index contributed by atoms with van der Waals surface area (Å²) < 4.78 is 4.81. The molecule has 0 radical (unpaired) electrons. The van der Waals surface area contributed by atoms with E-state index in [-0.39, 0.29) is 5.84 Å². The maximum Gasteiger partial charge on any atom is 0.161 e. The average Bonchev–Trinajstić information content (AvgIpc) is 3.93. The molecule has 68 heavy (non-hydrogen) atoms. The smallest absolute Gasteiger partial charge is 0.161 e. The van der Waals surface area contributed by atoms with Crippen LogP contribution in [0.5, 0.6) is 0 Å². The van der Waals surface area contributed by atoms with Gasteiger partial charge >= 0.3 is 0 Å². The third-order valence-corrected chi connectivity index (χ3v) is 12.9. The van der Waals surface area contributed by atoms with Crippen LogP contribution in [0.4, 0.5) is 0 Å². The van der Waals surface area contributed by atoms with E-state index in [1.54, 1.807) is 0 Å². The molecule has 0 saturated carbocycles. The second-order valence-electron chi connectivity index (χ2n) is 17.0. The van der Waals surface area contributed by atoms with Gasteiger partial charge in [-0.2, -0.15) is 0 Å². The Morgan fingerprint density at radius 1 is 0.368 bits per heavy atom. The van der Waals surface area contributed by atoms with Gasteiger partial charge in [0.15, 0.2) is 11.7 Å². The van der Waals surface area contributed by atoms with Crippen LogP contribution in [0.15, 0.2) is 259 Å². The van der Waals surface area contributed by atoms with Gasteiger partial charge in [-0.15, -0.1) is 0 Å². The van der Waals surface area contributed by atoms with E-state index in [4.69, 9.17) is 9.98 Å². The Kier molecular flexibility index (Phi) is 10.3. The van der Waals surface area contributed by atoms with Gasteiger partial charge in [0.05, 0.1) is 27.8 Å². The van der Waals surface area contributed by atoms with Crippen molar-refractivity contribution in [3.8, 4) is 44.8 Å². The molecule has 0 aliphatic rings. The highest BCUT2D eigenvalue weighted by Gasteiger charge is 2.23. The van der Waals surface area contributed by atoms with Gasteiger partial charge in [-0.25, -0.2) is 9.98 Å². The number of hydrogen-bond acceptors (Lipinski definition) is 1. The van der Waals surface area contributed by atoms with Crippen LogP contribution in [-0.4, -0.2) is 27.0 Å². The van der Waals surface area contributed by atoms with E-state index in [0.717, 1.165) is 77.7 Å². The van der Waals surface area contributed by atoms with Crippen LogP contribution in [0.25, 0.3) is 88.4 Å². The molecule has 0 bridgehead atoms. The first kappa shape index (κ1) is 40.3. The van der Waals surface area contributed by atoms with E-state index in [1.165, 1.54) is 21.8 Å². The lowest BCUT2D eigenvalue weighted by Gasteiger charge is -2.21. The van der Waals surface area contributed by atoms with E-state index in [2.05, 4.69) is 209 Å². The number of para-hydroxylation sites is 3. The lowest BCUT2D eigenvalue weighted by Crippen LogP contribution is -2.07. The van der Waals surface area contributed by atoms with Gasteiger partial charge in [0.25, 0.3) is 0 Å².